The van der Waals surface area contributed by atoms with Gasteiger partial charge in [0.15, 0.2) is 0 Å². The molecule has 1 heterocycles. The molecule has 4 nitrogen and oxygen atoms in total. The van der Waals surface area contributed by atoms with Gasteiger partial charge >= 0.3 is 5.97 Å². The summed E-state index contributed by atoms with van der Waals surface area (Å²) in [5.41, 5.74) is 1.01. The number of hydrogen-bond donors (Lipinski definition) is 2. The van der Waals surface area contributed by atoms with Crippen LogP contribution in [0.2, 0.25) is 0 Å². The summed E-state index contributed by atoms with van der Waals surface area (Å²) in [5.74, 6) is -0.184. The van der Waals surface area contributed by atoms with Crippen molar-refractivity contribution in [3.8, 4) is 0 Å². The number of ether oxygens (including phenoxy) is 1. The molecule has 1 atom stereocenters. The maximum Gasteiger partial charge on any atom is 0.324 e. The minimum absolute atomic E-state index is 0.184. The number of carbonyl (C=O) groups excluding carboxylic acids is 1. The molecule has 0 radical (unpaired) electrons. The summed E-state index contributed by atoms with van der Waals surface area (Å²) in [7, 11) is 0. The minimum Gasteiger partial charge on any atom is -0.460 e. The topological polar surface area (TPSA) is 50.4 Å². The van der Waals surface area contributed by atoms with Gasteiger partial charge in [-0.25, -0.2) is 0 Å². The second-order valence-corrected chi connectivity index (χ2v) is 3.80. The number of hydrogen-bond acceptors (Lipinski definition) is 4. The highest BCUT2D eigenvalue weighted by Crippen LogP contribution is 2.02. The molecule has 1 aliphatic rings. The number of nitrogens with one attached hydrogen (secondary N) is 2. The maximum absolute atomic E-state index is 11.6. The van der Waals surface area contributed by atoms with E-state index >= 15 is 0 Å². The Labute approximate surface area is 95.0 Å². The van der Waals surface area contributed by atoms with Gasteiger partial charge in [-0.1, -0.05) is 30.3 Å². The van der Waals surface area contributed by atoms with Gasteiger partial charge in [-0.2, -0.15) is 0 Å². The van der Waals surface area contributed by atoms with Crippen LogP contribution in [0.4, 0.5) is 0 Å². The predicted molar refractivity (Wildman–Crippen MR) is 60.9 cm³/mol. The van der Waals surface area contributed by atoms with Gasteiger partial charge in [0.2, 0.25) is 0 Å². The van der Waals surface area contributed by atoms with Crippen LogP contribution in [0.3, 0.4) is 0 Å². The van der Waals surface area contributed by atoms with Crippen LogP contribution < -0.4 is 10.6 Å². The van der Waals surface area contributed by atoms with Crippen molar-refractivity contribution in [2.75, 3.05) is 19.6 Å². The normalized spacial score (nSPS) is 20.4. The lowest BCUT2D eigenvalue weighted by Gasteiger charge is -2.22. The first kappa shape index (κ1) is 11.1. The summed E-state index contributed by atoms with van der Waals surface area (Å²) in [6.07, 6.45) is 0. The zero-order chi connectivity index (χ0) is 11.2. The van der Waals surface area contributed by atoms with Crippen molar-refractivity contribution in [3.05, 3.63) is 35.9 Å². The lowest BCUT2D eigenvalue weighted by molar-refractivity contribution is -0.147. The van der Waals surface area contributed by atoms with E-state index in [4.69, 9.17) is 4.74 Å². The molecule has 0 bridgehead atoms. The molecule has 1 aliphatic heterocycles. The van der Waals surface area contributed by atoms with Crippen LogP contribution in [0.25, 0.3) is 0 Å². The lowest BCUT2D eigenvalue weighted by Crippen LogP contribution is -2.52. The average Bonchev–Trinajstić information content (AvgIpc) is 2.38. The molecular formula is C12H16N2O2. The quantitative estimate of drug-likeness (QED) is 0.719. The molecule has 0 saturated carbocycles. The van der Waals surface area contributed by atoms with Crippen LogP contribution in [0.1, 0.15) is 5.56 Å². The molecule has 1 saturated heterocycles. The van der Waals surface area contributed by atoms with E-state index < -0.39 is 0 Å². The summed E-state index contributed by atoms with van der Waals surface area (Å²) in [6, 6.07) is 9.49. The molecule has 1 aromatic carbocycles. The summed E-state index contributed by atoms with van der Waals surface area (Å²) >= 11 is 0. The van der Waals surface area contributed by atoms with Crippen molar-refractivity contribution in [1.29, 1.82) is 0 Å². The Morgan fingerprint density at radius 2 is 2.12 bits per heavy atom. The fourth-order valence-electron chi connectivity index (χ4n) is 1.65. The van der Waals surface area contributed by atoms with Crippen LogP contribution in [0.5, 0.6) is 0 Å². The highest BCUT2D eigenvalue weighted by atomic mass is 16.5. The second kappa shape index (κ2) is 5.63. The van der Waals surface area contributed by atoms with Gasteiger partial charge in [0.05, 0.1) is 0 Å². The summed E-state index contributed by atoms with van der Waals surface area (Å²) in [4.78, 5) is 11.6. The molecule has 0 amide bonds. The number of benzene rings is 1. The van der Waals surface area contributed by atoms with E-state index in [1.165, 1.54) is 0 Å². The SMILES string of the molecule is O=C(OCc1ccccc1)[C@@H]1CNCCN1. The highest BCUT2D eigenvalue weighted by Gasteiger charge is 2.21. The van der Waals surface area contributed by atoms with Gasteiger partial charge in [0.1, 0.15) is 12.6 Å². The third-order valence-electron chi connectivity index (χ3n) is 2.55. The highest BCUT2D eigenvalue weighted by molar-refractivity contribution is 5.76. The van der Waals surface area contributed by atoms with E-state index in [1.807, 2.05) is 30.3 Å². The van der Waals surface area contributed by atoms with Crippen molar-refractivity contribution < 1.29 is 9.53 Å². The van der Waals surface area contributed by atoms with Crippen LogP contribution in [-0.4, -0.2) is 31.6 Å². The summed E-state index contributed by atoms with van der Waals surface area (Å²) in [5, 5.41) is 6.27. The minimum atomic E-state index is -0.211. The third-order valence-corrected chi connectivity index (χ3v) is 2.55. The fraction of sp³-hybridized carbons (Fsp3) is 0.417. The van der Waals surface area contributed by atoms with Crippen molar-refractivity contribution in [3.63, 3.8) is 0 Å². The van der Waals surface area contributed by atoms with E-state index in [9.17, 15) is 4.79 Å². The lowest BCUT2D eigenvalue weighted by atomic mass is 10.2. The number of piperazine rings is 1. The Balaban J connectivity index is 1.79. The second-order valence-electron chi connectivity index (χ2n) is 3.80. The van der Waals surface area contributed by atoms with Gasteiger partial charge < -0.3 is 15.4 Å². The van der Waals surface area contributed by atoms with Crippen LogP contribution >= 0.6 is 0 Å². The van der Waals surface area contributed by atoms with Gasteiger partial charge in [-0.05, 0) is 5.56 Å². The Morgan fingerprint density at radius 3 is 2.81 bits per heavy atom. The van der Waals surface area contributed by atoms with Gasteiger partial charge in [-0.3, -0.25) is 4.79 Å². The maximum atomic E-state index is 11.6. The first-order chi connectivity index (χ1) is 7.86. The van der Waals surface area contributed by atoms with Gasteiger partial charge in [0, 0.05) is 19.6 Å². The van der Waals surface area contributed by atoms with Crippen molar-refractivity contribution in [1.82, 2.24) is 10.6 Å². The number of rotatable bonds is 3. The van der Waals surface area contributed by atoms with Gasteiger partial charge in [-0.15, -0.1) is 0 Å². The molecular weight excluding hydrogens is 204 g/mol. The fourth-order valence-corrected chi connectivity index (χ4v) is 1.65. The standard InChI is InChI=1S/C12H16N2O2/c15-12(11-8-13-6-7-14-11)16-9-10-4-2-1-3-5-10/h1-5,11,13-14H,6-9H2/t11-/m0/s1. The van der Waals surface area contributed by atoms with E-state index in [-0.39, 0.29) is 12.0 Å². The Kier molecular flexibility index (Phi) is 3.91. The molecule has 1 fully saturated rings. The molecule has 1 aromatic rings. The molecule has 86 valence electrons. The van der Waals surface area contributed by atoms with E-state index in [2.05, 4.69) is 10.6 Å². The Morgan fingerprint density at radius 1 is 1.31 bits per heavy atom. The van der Waals surface area contributed by atoms with Crippen molar-refractivity contribution in [2.24, 2.45) is 0 Å². The van der Waals surface area contributed by atoms with Crippen molar-refractivity contribution in [2.45, 2.75) is 12.6 Å². The summed E-state index contributed by atoms with van der Waals surface area (Å²) < 4.78 is 5.23. The number of esters is 1. The molecule has 2 N–H and O–H groups in total. The monoisotopic (exact) mass is 220 g/mol. The Bertz CT molecular complexity index is 334. The average molecular weight is 220 g/mol. The molecule has 0 aliphatic carbocycles. The molecule has 0 unspecified atom stereocenters. The molecule has 16 heavy (non-hydrogen) atoms. The zero-order valence-corrected chi connectivity index (χ0v) is 9.11. The van der Waals surface area contributed by atoms with Crippen LogP contribution in [0, 0.1) is 0 Å². The van der Waals surface area contributed by atoms with E-state index in [1.54, 1.807) is 0 Å². The first-order valence-electron chi connectivity index (χ1n) is 5.51. The smallest absolute Gasteiger partial charge is 0.324 e. The van der Waals surface area contributed by atoms with E-state index in [0.29, 0.717) is 13.2 Å². The zero-order valence-electron chi connectivity index (χ0n) is 9.11. The first-order valence-corrected chi connectivity index (χ1v) is 5.51. The summed E-state index contributed by atoms with van der Waals surface area (Å²) in [6.45, 7) is 2.71. The van der Waals surface area contributed by atoms with E-state index in [0.717, 1.165) is 18.7 Å². The molecule has 4 heteroatoms. The van der Waals surface area contributed by atoms with Crippen LogP contribution in [0.15, 0.2) is 30.3 Å². The number of carbonyl (C=O) groups is 1. The Hall–Kier alpha value is -1.39. The largest absolute Gasteiger partial charge is 0.460 e. The van der Waals surface area contributed by atoms with Crippen LogP contribution in [-0.2, 0) is 16.1 Å². The van der Waals surface area contributed by atoms with Gasteiger partial charge in [0.25, 0.3) is 0 Å². The molecule has 2 rings (SSSR count). The van der Waals surface area contributed by atoms with Crippen molar-refractivity contribution >= 4 is 5.97 Å². The predicted octanol–water partition coefficient (Wildman–Crippen LogP) is 0.291. The molecule has 0 spiro atoms. The molecule has 0 aromatic heterocycles. The third kappa shape index (κ3) is 3.05.